The maximum atomic E-state index is 12.6. The number of carbonyl (C=O) groups is 2. The van der Waals surface area contributed by atoms with Gasteiger partial charge in [0.1, 0.15) is 34.9 Å². The van der Waals surface area contributed by atoms with E-state index in [-0.39, 0.29) is 41.0 Å². The number of nitrogen functional groups attached to an aromatic ring is 1. The molecule has 1 atom stereocenters. The fourth-order valence-electron chi connectivity index (χ4n) is 2.63. The Labute approximate surface area is 178 Å². The topological polar surface area (TPSA) is 137 Å². The molecule has 9 nitrogen and oxygen atoms in total. The zero-order chi connectivity index (χ0) is 21.9. The fourth-order valence-corrected chi connectivity index (χ4v) is 3.49. The van der Waals surface area contributed by atoms with E-state index in [1.54, 1.807) is 6.07 Å². The number of anilines is 2. The normalized spacial score (nSPS) is 12.4. The van der Waals surface area contributed by atoms with Crippen molar-refractivity contribution < 1.29 is 9.59 Å². The van der Waals surface area contributed by atoms with Gasteiger partial charge in [-0.3, -0.25) is 9.59 Å². The Kier molecular flexibility index (Phi) is 6.16. The lowest BCUT2D eigenvalue weighted by atomic mass is 9.92. The van der Waals surface area contributed by atoms with E-state index in [4.69, 9.17) is 5.73 Å². The van der Waals surface area contributed by atoms with Crippen molar-refractivity contribution >= 4 is 34.7 Å². The van der Waals surface area contributed by atoms with Gasteiger partial charge in [-0.25, -0.2) is 24.9 Å². The predicted molar refractivity (Wildman–Crippen MR) is 115 cm³/mol. The van der Waals surface area contributed by atoms with Gasteiger partial charge in [-0.05, 0) is 0 Å². The van der Waals surface area contributed by atoms with Crippen LogP contribution in [0, 0.1) is 0 Å². The number of aromatic nitrogens is 5. The van der Waals surface area contributed by atoms with Crippen LogP contribution in [-0.4, -0.2) is 36.6 Å². The molecule has 0 aromatic carbocycles. The smallest absolute Gasteiger partial charge is 0.268 e. The molecule has 0 saturated heterocycles. The average molecular weight is 426 g/mol. The molecular weight excluding hydrogens is 402 g/mol. The summed E-state index contributed by atoms with van der Waals surface area (Å²) in [4.78, 5) is 45.9. The van der Waals surface area contributed by atoms with Gasteiger partial charge in [-0.2, -0.15) is 0 Å². The number of amides is 1. The van der Waals surface area contributed by atoms with Gasteiger partial charge in [-0.15, -0.1) is 11.3 Å². The first-order valence-electron chi connectivity index (χ1n) is 9.34. The van der Waals surface area contributed by atoms with Crippen LogP contribution in [0.4, 0.5) is 11.6 Å². The second-order valence-electron chi connectivity index (χ2n) is 7.91. The average Bonchev–Trinajstić information content (AvgIpc) is 3.18. The van der Waals surface area contributed by atoms with Crippen LogP contribution in [0.2, 0.25) is 0 Å². The molecule has 1 unspecified atom stereocenters. The van der Waals surface area contributed by atoms with Crippen molar-refractivity contribution in [2.24, 2.45) is 0 Å². The highest BCUT2D eigenvalue weighted by atomic mass is 32.1. The lowest BCUT2D eigenvalue weighted by Gasteiger charge is -2.17. The van der Waals surface area contributed by atoms with E-state index >= 15 is 0 Å². The quantitative estimate of drug-likeness (QED) is 0.574. The number of carbonyl (C=O) groups excluding carboxylic acids is 2. The van der Waals surface area contributed by atoms with Crippen molar-refractivity contribution in [2.75, 3.05) is 11.1 Å². The summed E-state index contributed by atoms with van der Waals surface area (Å²) in [6.07, 6.45) is 4.40. The first kappa shape index (κ1) is 21.4. The number of thiazole rings is 1. The van der Waals surface area contributed by atoms with E-state index in [0.717, 1.165) is 5.69 Å². The second-order valence-corrected chi connectivity index (χ2v) is 8.97. The zero-order valence-electron chi connectivity index (χ0n) is 17.2. The number of ketones is 1. The Hall–Kier alpha value is -3.27. The summed E-state index contributed by atoms with van der Waals surface area (Å²) in [6.45, 7) is 7.99. The van der Waals surface area contributed by atoms with Crippen LogP contribution in [-0.2, 0) is 5.41 Å². The van der Waals surface area contributed by atoms with Crippen LogP contribution in [0.3, 0.4) is 0 Å². The number of hydrogen-bond donors (Lipinski definition) is 2. The molecule has 10 heteroatoms. The van der Waals surface area contributed by atoms with Crippen LogP contribution in [0.5, 0.6) is 0 Å². The van der Waals surface area contributed by atoms with E-state index in [1.165, 1.54) is 36.3 Å². The summed E-state index contributed by atoms with van der Waals surface area (Å²) in [5, 5.41) is 3.47. The molecule has 1 amide bonds. The van der Waals surface area contributed by atoms with Crippen LogP contribution in [0.1, 0.15) is 70.9 Å². The molecule has 0 aliphatic heterocycles. The molecule has 30 heavy (non-hydrogen) atoms. The lowest BCUT2D eigenvalue weighted by molar-refractivity contribution is 0.0969. The molecule has 0 spiro atoms. The molecular formula is C20H23N7O2S. The molecule has 0 aliphatic carbocycles. The standard InChI is InChI=1S/C20H23N7O2S/c1-11(5-13(28)12-6-16(21)25-9-23-12)19-22-8-14(30-19)18(29)27-17-7-15(20(2,3)4)24-10-26-17/h6-11H,5H2,1-4H3,(H2,21,23,25)(H,24,26,27,29). The Morgan fingerprint density at radius 3 is 2.53 bits per heavy atom. The molecule has 156 valence electrons. The van der Waals surface area contributed by atoms with Crippen LogP contribution in [0.25, 0.3) is 0 Å². The largest absolute Gasteiger partial charge is 0.384 e. The van der Waals surface area contributed by atoms with Gasteiger partial charge < -0.3 is 11.1 Å². The number of hydrogen-bond acceptors (Lipinski definition) is 9. The van der Waals surface area contributed by atoms with Gasteiger partial charge in [0.25, 0.3) is 5.91 Å². The molecule has 3 N–H and O–H groups in total. The summed E-state index contributed by atoms with van der Waals surface area (Å²) in [6, 6.07) is 3.21. The van der Waals surface area contributed by atoms with E-state index in [2.05, 4.69) is 30.2 Å². The molecule has 3 aromatic heterocycles. The Morgan fingerprint density at radius 1 is 1.10 bits per heavy atom. The van der Waals surface area contributed by atoms with Gasteiger partial charge in [0.2, 0.25) is 0 Å². The molecule has 0 radical (unpaired) electrons. The Morgan fingerprint density at radius 2 is 1.83 bits per heavy atom. The number of nitrogens with one attached hydrogen (secondary N) is 1. The summed E-state index contributed by atoms with van der Waals surface area (Å²) >= 11 is 1.24. The minimum absolute atomic E-state index is 0.156. The monoisotopic (exact) mass is 425 g/mol. The summed E-state index contributed by atoms with van der Waals surface area (Å²) in [5.41, 5.74) is 6.54. The summed E-state index contributed by atoms with van der Waals surface area (Å²) in [7, 11) is 0. The molecule has 0 bridgehead atoms. The number of Topliss-reactive ketones (excluding diaryl/α,β-unsaturated/α-hetero) is 1. The molecule has 0 saturated carbocycles. The molecule has 3 aromatic rings. The summed E-state index contributed by atoms with van der Waals surface area (Å²) in [5.74, 6) is 0.0349. The minimum Gasteiger partial charge on any atom is -0.384 e. The predicted octanol–water partition coefficient (Wildman–Crippen LogP) is 3.23. The van der Waals surface area contributed by atoms with Crippen LogP contribution < -0.4 is 11.1 Å². The van der Waals surface area contributed by atoms with Gasteiger partial charge >= 0.3 is 0 Å². The molecule has 3 heterocycles. The van der Waals surface area contributed by atoms with Gasteiger partial charge in [0.05, 0.1) is 16.9 Å². The fraction of sp³-hybridized carbons (Fsp3) is 0.350. The maximum absolute atomic E-state index is 12.6. The van der Waals surface area contributed by atoms with Crippen molar-refractivity contribution in [1.82, 2.24) is 24.9 Å². The second kappa shape index (κ2) is 8.62. The lowest BCUT2D eigenvalue weighted by Crippen LogP contribution is -2.16. The minimum atomic E-state index is -0.306. The van der Waals surface area contributed by atoms with Crippen molar-refractivity contribution in [3.8, 4) is 0 Å². The zero-order valence-corrected chi connectivity index (χ0v) is 18.0. The third-order valence-electron chi connectivity index (χ3n) is 4.31. The maximum Gasteiger partial charge on any atom is 0.268 e. The van der Waals surface area contributed by atoms with Crippen molar-refractivity contribution in [1.29, 1.82) is 0 Å². The number of rotatable bonds is 6. The highest BCUT2D eigenvalue weighted by Crippen LogP contribution is 2.27. The third kappa shape index (κ3) is 5.20. The van der Waals surface area contributed by atoms with E-state index < -0.39 is 0 Å². The van der Waals surface area contributed by atoms with Gasteiger partial charge in [0.15, 0.2) is 5.78 Å². The van der Waals surface area contributed by atoms with E-state index in [1.807, 2.05) is 27.7 Å². The van der Waals surface area contributed by atoms with Crippen molar-refractivity contribution in [3.05, 3.63) is 52.3 Å². The molecule has 0 aliphatic rings. The van der Waals surface area contributed by atoms with Crippen molar-refractivity contribution in [3.63, 3.8) is 0 Å². The Balaban J connectivity index is 1.66. The van der Waals surface area contributed by atoms with Crippen LogP contribution in [0.15, 0.2) is 31.0 Å². The Bertz CT molecular complexity index is 1070. The van der Waals surface area contributed by atoms with E-state index in [9.17, 15) is 9.59 Å². The number of nitrogens with zero attached hydrogens (tertiary/aromatic N) is 5. The number of nitrogens with two attached hydrogens (primary N) is 1. The van der Waals surface area contributed by atoms with E-state index in [0.29, 0.717) is 15.7 Å². The third-order valence-corrected chi connectivity index (χ3v) is 5.54. The van der Waals surface area contributed by atoms with Crippen molar-refractivity contribution in [2.45, 2.75) is 45.4 Å². The van der Waals surface area contributed by atoms with Gasteiger partial charge in [-0.1, -0.05) is 27.7 Å². The molecule has 3 rings (SSSR count). The van der Waals surface area contributed by atoms with Crippen LogP contribution >= 0.6 is 11.3 Å². The highest BCUT2D eigenvalue weighted by molar-refractivity contribution is 7.13. The highest BCUT2D eigenvalue weighted by Gasteiger charge is 2.20. The SMILES string of the molecule is CC(CC(=O)c1cc(N)ncn1)c1ncc(C(=O)Nc2cc(C(C)(C)C)ncn2)s1. The van der Waals surface area contributed by atoms with Gasteiger partial charge in [0, 0.05) is 29.9 Å². The first-order valence-corrected chi connectivity index (χ1v) is 10.2. The summed E-state index contributed by atoms with van der Waals surface area (Å²) < 4.78 is 0. The molecule has 0 fully saturated rings. The first-order chi connectivity index (χ1) is 14.1.